The van der Waals surface area contributed by atoms with Crippen LogP contribution in [0.4, 0.5) is 0 Å². The fraction of sp³-hybridized carbons (Fsp3) is 0.455. The van der Waals surface area contributed by atoms with E-state index in [-0.39, 0.29) is 0 Å². The van der Waals surface area contributed by atoms with Crippen LogP contribution in [0.15, 0.2) is 24.3 Å². The highest BCUT2D eigenvalue weighted by molar-refractivity contribution is 6.73. The lowest BCUT2D eigenvalue weighted by molar-refractivity contribution is 0.494. The van der Waals surface area contributed by atoms with Gasteiger partial charge in [-0.3, -0.25) is 0 Å². The summed E-state index contributed by atoms with van der Waals surface area (Å²) >= 11 is 0. The van der Waals surface area contributed by atoms with Crippen molar-refractivity contribution in [2.45, 2.75) is 32.0 Å². The molecule has 2 heteroatoms. The lowest BCUT2D eigenvalue weighted by Crippen LogP contribution is -2.42. The molecule has 1 unspecified atom stereocenters. The standard InChI is InChI=1S/C11H16OSi/c1-9-8-10-6-4-5-7-11(10)12-13(9,2)3/h4-7,9H,8H2,1-3H3. The Labute approximate surface area is 80.9 Å². The van der Waals surface area contributed by atoms with Gasteiger partial charge in [0, 0.05) is 0 Å². The Hall–Kier alpha value is -0.763. The van der Waals surface area contributed by atoms with E-state index in [1.165, 1.54) is 12.0 Å². The molecule has 1 aliphatic rings. The molecule has 0 spiro atoms. The van der Waals surface area contributed by atoms with Crippen molar-refractivity contribution in [3.63, 3.8) is 0 Å². The van der Waals surface area contributed by atoms with Crippen LogP contribution >= 0.6 is 0 Å². The third-order valence-electron chi connectivity index (χ3n) is 3.06. The van der Waals surface area contributed by atoms with Crippen molar-refractivity contribution >= 4 is 8.32 Å². The number of rotatable bonds is 0. The van der Waals surface area contributed by atoms with Crippen LogP contribution in [0.25, 0.3) is 0 Å². The SMILES string of the molecule is CC1Cc2ccccc2O[Si]1(C)C. The molecule has 1 aliphatic heterocycles. The molecule has 1 aromatic rings. The normalized spacial score (nSPS) is 24.7. The Morgan fingerprint density at radius 1 is 1.31 bits per heavy atom. The Morgan fingerprint density at radius 3 is 2.77 bits per heavy atom. The summed E-state index contributed by atoms with van der Waals surface area (Å²) in [7, 11) is -1.45. The summed E-state index contributed by atoms with van der Waals surface area (Å²) in [6, 6.07) is 8.42. The van der Waals surface area contributed by atoms with Gasteiger partial charge in [-0.1, -0.05) is 25.1 Å². The lowest BCUT2D eigenvalue weighted by atomic mass is 10.1. The van der Waals surface area contributed by atoms with Gasteiger partial charge >= 0.3 is 0 Å². The molecule has 0 saturated carbocycles. The number of hydrogen-bond donors (Lipinski definition) is 0. The molecule has 0 radical (unpaired) electrons. The number of hydrogen-bond acceptors (Lipinski definition) is 1. The van der Waals surface area contributed by atoms with Crippen molar-refractivity contribution in [1.29, 1.82) is 0 Å². The van der Waals surface area contributed by atoms with Crippen molar-refractivity contribution < 1.29 is 4.43 Å². The fourth-order valence-electron chi connectivity index (χ4n) is 1.73. The molecule has 0 bridgehead atoms. The minimum absolute atomic E-state index is 0.724. The third-order valence-corrected chi connectivity index (χ3v) is 6.38. The molecule has 1 nitrogen and oxygen atoms in total. The molecule has 1 aromatic carbocycles. The van der Waals surface area contributed by atoms with Crippen molar-refractivity contribution in [2.24, 2.45) is 0 Å². The number of fused-ring (bicyclic) bond motifs is 1. The number of benzene rings is 1. The van der Waals surface area contributed by atoms with E-state index in [9.17, 15) is 0 Å². The quantitative estimate of drug-likeness (QED) is 0.573. The molecule has 1 heterocycles. The Balaban J connectivity index is 2.39. The number of para-hydroxylation sites is 1. The Morgan fingerprint density at radius 2 is 2.00 bits per heavy atom. The first kappa shape index (κ1) is 8.82. The summed E-state index contributed by atoms with van der Waals surface area (Å²) in [4.78, 5) is 0. The molecule has 2 rings (SSSR count). The largest absolute Gasteiger partial charge is 0.544 e. The molecule has 0 amide bonds. The molecule has 0 saturated heterocycles. The van der Waals surface area contributed by atoms with Gasteiger partial charge < -0.3 is 4.43 Å². The summed E-state index contributed by atoms with van der Waals surface area (Å²) in [5.74, 6) is 1.12. The Bertz CT molecular complexity index is 320. The van der Waals surface area contributed by atoms with Crippen molar-refractivity contribution in [2.75, 3.05) is 0 Å². The van der Waals surface area contributed by atoms with Crippen LogP contribution in [-0.4, -0.2) is 8.32 Å². The van der Waals surface area contributed by atoms with Gasteiger partial charge in [-0.2, -0.15) is 0 Å². The van der Waals surface area contributed by atoms with Crippen LogP contribution in [0, 0.1) is 0 Å². The lowest BCUT2D eigenvalue weighted by Gasteiger charge is -2.36. The van der Waals surface area contributed by atoms with Gasteiger partial charge in [0.1, 0.15) is 5.75 Å². The van der Waals surface area contributed by atoms with E-state index in [1.807, 2.05) is 0 Å². The van der Waals surface area contributed by atoms with Crippen LogP contribution in [0.1, 0.15) is 12.5 Å². The van der Waals surface area contributed by atoms with Crippen LogP contribution in [0.5, 0.6) is 5.75 Å². The Kier molecular flexibility index (Phi) is 1.95. The van der Waals surface area contributed by atoms with Gasteiger partial charge in [0.05, 0.1) is 0 Å². The minimum Gasteiger partial charge on any atom is -0.544 e. The topological polar surface area (TPSA) is 9.23 Å². The molecule has 13 heavy (non-hydrogen) atoms. The maximum absolute atomic E-state index is 6.07. The highest BCUT2D eigenvalue weighted by atomic mass is 28.4. The summed E-state index contributed by atoms with van der Waals surface area (Å²) in [6.07, 6.45) is 1.19. The van der Waals surface area contributed by atoms with E-state index >= 15 is 0 Å². The zero-order chi connectivity index (χ0) is 9.47. The van der Waals surface area contributed by atoms with E-state index in [2.05, 4.69) is 44.3 Å². The van der Waals surface area contributed by atoms with Crippen LogP contribution in [0.2, 0.25) is 18.6 Å². The first-order valence-electron chi connectivity index (χ1n) is 4.86. The molecule has 0 N–H and O–H groups in total. The first-order chi connectivity index (χ1) is 6.09. The smallest absolute Gasteiger partial charge is 0.248 e. The third kappa shape index (κ3) is 1.51. The maximum atomic E-state index is 6.07. The van der Waals surface area contributed by atoms with Gasteiger partial charge in [-0.25, -0.2) is 0 Å². The molecule has 0 aromatic heterocycles. The summed E-state index contributed by atoms with van der Waals surface area (Å²) in [6.45, 7) is 6.91. The van der Waals surface area contributed by atoms with E-state index in [4.69, 9.17) is 4.43 Å². The molecular weight excluding hydrogens is 176 g/mol. The van der Waals surface area contributed by atoms with E-state index in [0.29, 0.717) is 0 Å². The van der Waals surface area contributed by atoms with E-state index in [0.717, 1.165) is 11.3 Å². The highest BCUT2D eigenvalue weighted by Gasteiger charge is 2.36. The second-order valence-electron chi connectivity index (χ2n) is 4.42. The predicted octanol–water partition coefficient (Wildman–Crippen LogP) is 3.22. The summed E-state index contributed by atoms with van der Waals surface area (Å²) in [5, 5.41) is 0. The van der Waals surface area contributed by atoms with Crippen molar-refractivity contribution in [1.82, 2.24) is 0 Å². The fourth-order valence-corrected chi connectivity index (χ4v) is 3.41. The molecular formula is C11H16OSi. The second-order valence-corrected chi connectivity index (χ2v) is 8.82. The monoisotopic (exact) mass is 192 g/mol. The van der Waals surface area contributed by atoms with Gasteiger partial charge in [0.2, 0.25) is 8.32 Å². The van der Waals surface area contributed by atoms with Gasteiger partial charge in [0.15, 0.2) is 0 Å². The maximum Gasteiger partial charge on any atom is 0.248 e. The zero-order valence-corrected chi connectivity index (χ0v) is 9.50. The van der Waals surface area contributed by atoms with Crippen molar-refractivity contribution in [3.05, 3.63) is 29.8 Å². The average molecular weight is 192 g/mol. The van der Waals surface area contributed by atoms with E-state index < -0.39 is 8.32 Å². The van der Waals surface area contributed by atoms with Crippen LogP contribution in [-0.2, 0) is 6.42 Å². The zero-order valence-electron chi connectivity index (χ0n) is 8.50. The van der Waals surface area contributed by atoms with Crippen LogP contribution < -0.4 is 4.43 Å². The van der Waals surface area contributed by atoms with Gasteiger partial charge in [-0.15, -0.1) is 0 Å². The summed E-state index contributed by atoms with van der Waals surface area (Å²) < 4.78 is 6.07. The summed E-state index contributed by atoms with van der Waals surface area (Å²) in [5.41, 5.74) is 2.10. The highest BCUT2D eigenvalue weighted by Crippen LogP contribution is 2.37. The minimum atomic E-state index is -1.45. The van der Waals surface area contributed by atoms with Crippen LogP contribution in [0.3, 0.4) is 0 Å². The van der Waals surface area contributed by atoms with Crippen molar-refractivity contribution in [3.8, 4) is 5.75 Å². The predicted molar refractivity (Wildman–Crippen MR) is 57.7 cm³/mol. The first-order valence-corrected chi connectivity index (χ1v) is 7.85. The molecule has 0 fully saturated rings. The molecule has 70 valence electrons. The average Bonchev–Trinajstić information content (AvgIpc) is 2.06. The molecule has 1 atom stereocenters. The molecule has 0 aliphatic carbocycles. The second kappa shape index (κ2) is 2.88. The van der Waals surface area contributed by atoms with Gasteiger partial charge in [-0.05, 0) is 36.7 Å². The van der Waals surface area contributed by atoms with E-state index in [1.54, 1.807) is 0 Å². The van der Waals surface area contributed by atoms with Gasteiger partial charge in [0.25, 0.3) is 0 Å².